The molecule has 3 aromatic rings. The van der Waals surface area contributed by atoms with E-state index in [1.807, 2.05) is 6.92 Å². The first kappa shape index (κ1) is 23.9. The van der Waals surface area contributed by atoms with Gasteiger partial charge in [0.1, 0.15) is 5.82 Å². The van der Waals surface area contributed by atoms with Gasteiger partial charge in [-0.15, -0.1) is 0 Å². The van der Waals surface area contributed by atoms with Crippen LogP contribution in [0, 0.1) is 5.82 Å². The zero-order chi connectivity index (χ0) is 25.4. The summed E-state index contributed by atoms with van der Waals surface area (Å²) in [6, 6.07) is 10.9. The number of aromatic nitrogens is 2. The molecule has 0 aliphatic carbocycles. The molecule has 0 spiro atoms. The van der Waals surface area contributed by atoms with Crippen molar-refractivity contribution in [1.82, 2.24) is 24.7 Å². The number of nitrogens with one attached hydrogen (secondary N) is 2. The number of fused-ring (bicyclic) bond motifs is 1. The monoisotopic (exact) mass is 493 g/mol. The molecule has 2 fully saturated rings. The van der Waals surface area contributed by atoms with E-state index in [0.717, 1.165) is 19.4 Å². The van der Waals surface area contributed by atoms with Crippen LogP contribution in [0.1, 0.15) is 35.7 Å². The van der Waals surface area contributed by atoms with Crippen molar-refractivity contribution < 1.29 is 14.0 Å². The van der Waals surface area contributed by atoms with Gasteiger partial charge in [-0.1, -0.05) is 18.2 Å². The molecule has 0 saturated carbocycles. The van der Waals surface area contributed by atoms with Gasteiger partial charge in [0.05, 0.1) is 28.6 Å². The number of rotatable bonds is 4. The maximum atomic E-state index is 14.7. The SMILES string of the molecule is C[C@@]1(C(=O)N2CCN(C(=O)c3cc(Cn4c(=O)[nH]c(=O)c5ccccc54)ccc3F)CC2)CCCN1. The number of nitrogens with zero attached hydrogens (tertiary/aromatic N) is 3. The Morgan fingerprint density at radius 2 is 1.75 bits per heavy atom. The highest BCUT2D eigenvalue weighted by molar-refractivity contribution is 5.95. The summed E-state index contributed by atoms with van der Waals surface area (Å²) in [6.07, 6.45) is 1.74. The molecule has 3 heterocycles. The Balaban J connectivity index is 1.34. The molecule has 2 aliphatic rings. The summed E-state index contributed by atoms with van der Waals surface area (Å²) in [7, 11) is 0. The highest BCUT2D eigenvalue weighted by Crippen LogP contribution is 2.23. The van der Waals surface area contributed by atoms with Crippen molar-refractivity contribution in [2.24, 2.45) is 0 Å². The van der Waals surface area contributed by atoms with Crippen LogP contribution in [0.5, 0.6) is 0 Å². The van der Waals surface area contributed by atoms with E-state index >= 15 is 0 Å². The molecule has 10 heteroatoms. The van der Waals surface area contributed by atoms with Gasteiger partial charge in [-0.05, 0) is 56.1 Å². The van der Waals surface area contributed by atoms with Crippen molar-refractivity contribution in [2.45, 2.75) is 31.8 Å². The number of carbonyl (C=O) groups excluding carboxylic acids is 2. The molecular weight excluding hydrogens is 465 g/mol. The average molecular weight is 494 g/mol. The van der Waals surface area contributed by atoms with Gasteiger partial charge in [0.25, 0.3) is 11.5 Å². The molecule has 9 nitrogen and oxygen atoms in total. The number of hydrogen-bond donors (Lipinski definition) is 2. The normalized spacial score (nSPS) is 20.2. The van der Waals surface area contributed by atoms with Crippen molar-refractivity contribution in [3.05, 3.63) is 80.2 Å². The van der Waals surface area contributed by atoms with Gasteiger partial charge in [-0.2, -0.15) is 0 Å². The molecule has 5 rings (SSSR count). The molecule has 36 heavy (non-hydrogen) atoms. The maximum absolute atomic E-state index is 14.7. The Labute approximate surface area is 206 Å². The second kappa shape index (κ2) is 9.34. The fourth-order valence-corrected chi connectivity index (χ4v) is 5.13. The van der Waals surface area contributed by atoms with E-state index in [0.29, 0.717) is 42.6 Å². The highest BCUT2D eigenvalue weighted by atomic mass is 19.1. The van der Waals surface area contributed by atoms with E-state index in [2.05, 4.69) is 10.3 Å². The van der Waals surface area contributed by atoms with E-state index in [9.17, 15) is 23.6 Å². The van der Waals surface area contributed by atoms with Crippen molar-refractivity contribution in [1.29, 1.82) is 0 Å². The van der Waals surface area contributed by atoms with Crippen LogP contribution >= 0.6 is 0 Å². The molecule has 2 amide bonds. The van der Waals surface area contributed by atoms with Crippen LogP contribution in [0.3, 0.4) is 0 Å². The first-order valence-corrected chi connectivity index (χ1v) is 12.1. The van der Waals surface area contributed by atoms with Gasteiger partial charge in [-0.25, -0.2) is 9.18 Å². The van der Waals surface area contributed by atoms with Crippen molar-refractivity contribution >= 4 is 22.7 Å². The molecule has 0 unspecified atom stereocenters. The second-order valence-electron chi connectivity index (χ2n) is 9.62. The molecule has 0 bridgehead atoms. The van der Waals surface area contributed by atoms with E-state index in [1.165, 1.54) is 22.8 Å². The fraction of sp³-hybridized carbons (Fsp3) is 0.385. The lowest BCUT2D eigenvalue weighted by atomic mass is 9.98. The third-order valence-corrected chi connectivity index (χ3v) is 7.20. The lowest BCUT2D eigenvalue weighted by molar-refractivity contribution is -0.138. The minimum absolute atomic E-state index is 0.0406. The number of H-pyrrole nitrogens is 1. The fourth-order valence-electron chi connectivity index (χ4n) is 5.13. The van der Waals surface area contributed by atoms with Crippen molar-refractivity contribution in [3.63, 3.8) is 0 Å². The highest BCUT2D eigenvalue weighted by Gasteiger charge is 2.40. The molecule has 0 radical (unpaired) electrons. The number of aromatic amines is 1. The number of piperazine rings is 1. The number of hydrogen-bond acceptors (Lipinski definition) is 5. The van der Waals surface area contributed by atoms with Crippen LogP contribution in [0.2, 0.25) is 0 Å². The summed E-state index contributed by atoms with van der Waals surface area (Å²) < 4.78 is 16.1. The third kappa shape index (κ3) is 4.32. The smallest absolute Gasteiger partial charge is 0.329 e. The van der Waals surface area contributed by atoms with Crippen LogP contribution in [0.4, 0.5) is 4.39 Å². The van der Waals surface area contributed by atoms with E-state index in [4.69, 9.17) is 0 Å². The lowest BCUT2D eigenvalue weighted by Crippen LogP contribution is -2.58. The van der Waals surface area contributed by atoms with Crippen LogP contribution in [-0.4, -0.2) is 69.4 Å². The Hall–Kier alpha value is -3.79. The van der Waals surface area contributed by atoms with Gasteiger partial charge in [0.2, 0.25) is 5.91 Å². The first-order valence-electron chi connectivity index (χ1n) is 12.1. The molecule has 1 atom stereocenters. The van der Waals surface area contributed by atoms with E-state index in [1.54, 1.807) is 34.1 Å². The van der Waals surface area contributed by atoms with Gasteiger partial charge < -0.3 is 15.1 Å². The largest absolute Gasteiger partial charge is 0.338 e. The Bertz CT molecular complexity index is 1450. The van der Waals surface area contributed by atoms with E-state index in [-0.39, 0.29) is 18.0 Å². The lowest BCUT2D eigenvalue weighted by Gasteiger charge is -2.38. The molecule has 2 aromatic carbocycles. The average Bonchev–Trinajstić information content (AvgIpc) is 3.34. The standard InChI is InChI=1S/C26H28FN5O4/c1-26(9-4-10-28-26)24(35)31-13-11-30(12-14-31)23(34)19-15-17(7-8-20(19)27)16-32-21-6-3-2-5-18(21)22(33)29-25(32)36/h2-3,5-8,15,28H,4,9-14,16H2,1H3,(H,29,33,36)/t26-/m0/s1. The predicted octanol–water partition coefficient (Wildman–Crippen LogP) is 1.30. The molecule has 2 N–H and O–H groups in total. The maximum Gasteiger partial charge on any atom is 0.329 e. The number of para-hydroxylation sites is 1. The summed E-state index contributed by atoms with van der Waals surface area (Å²) in [4.78, 5) is 56.4. The zero-order valence-corrected chi connectivity index (χ0v) is 20.1. The second-order valence-corrected chi connectivity index (χ2v) is 9.62. The topological polar surface area (TPSA) is 108 Å². The summed E-state index contributed by atoms with van der Waals surface area (Å²) in [6.45, 7) is 4.20. The van der Waals surface area contributed by atoms with Crippen molar-refractivity contribution in [3.8, 4) is 0 Å². The molecule has 1 aromatic heterocycles. The van der Waals surface area contributed by atoms with Gasteiger partial charge >= 0.3 is 5.69 Å². The van der Waals surface area contributed by atoms with Crippen LogP contribution in [-0.2, 0) is 11.3 Å². The Morgan fingerprint density at radius 3 is 2.47 bits per heavy atom. The quantitative estimate of drug-likeness (QED) is 0.570. The van der Waals surface area contributed by atoms with Crippen molar-refractivity contribution in [2.75, 3.05) is 32.7 Å². The van der Waals surface area contributed by atoms with E-state index < -0.39 is 28.5 Å². The van der Waals surface area contributed by atoms with Crippen LogP contribution in [0.25, 0.3) is 10.9 Å². The summed E-state index contributed by atoms with van der Waals surface area (Å²) in [5.41, 5.74) is -0.697. The minimum atomic E-state index is -0.649. The predicted molar refractivity (Wildman–Crippen MR) is 132 cm³/mol. The number of carbonyl (C=O) groups is 2. The molecule has 188 valence electrons. The summed E-state index contributed by atoms with van der Waals surface area (Å²) in [5.74, 6) is -1.06. The summed E-state index contributed by atoms with van der Waals surface area (Å²) >= 11 is 0. The minimum Gasteiger partial charge on any atom is -0.338 e. The molecular formula is C26H28FN5O4. The Morgan fingerprint density at radius 1 is 1.03 bits per heavy atom. The molecule has 2 saturated heterocycles. The molecule has 2 aliphatic heterocycles. The van der Waals surface area contributed by atoms with Crippen LogP contribution in [0.15, 0.2) is 52.1 Å². The van der Waals surface area contributed by atoms with Gasteiger partial charge in [-0.3, -0.25) is 23.9 Å². The van der Waals surface area contributed by atoms with Gasteiger partial charge in [0.15, 0.2) is 0 Å². The number of halogens is 1. The number of benzene rings is 2. The first-order chi connectivity index (χ1) is 17.3. The summed E-state index contributed by atoms with van der Waals surface area (Å²) in [5, 5.41) is 3.64. The van der Waals surface area contributed by atoms with Crippen LogP contribution < -0.4 is 16.6 Å². The Kier molecular flexibility index (Phi) is 6.21. The van der Waals surface area contributed by atoms with Gasteiger partial charge in [0, 0.05) is 26.2 Å². The zero-order valence-electron chi connectivity index (χ0n) is 20.1. The third-order valence-electron chi connectivity index (χ3n) is 7.20. The number of amides is 2.